The van der Waals surface area contributed by atoms with E-state index in [-0.39, 0.29) is 5.56 Å². The Hall–Kier alpha value is -1.52. The maximum absolute atomic E-state index is 12.2. The number of benzene rings is 1. The minimum Gasteiger partial charge on any atom is -0.411 e. The minimum absolute atomic E-state index is 0.155. The molecule has 0 bridgehead atoms. The van der Waals surface area contributed by atoms with Gasteiger partial charge in [0.25, 0.3) is 0 Å². The van der Waals surface area contributed by atoms with E-state index < -0.39 is 11.7 Å². The second kappa shape index (κ2) is 3.47. The lowest BCUT2D eigenvalue weighted by atomic mass is 10.1. The first kappa shape index (κ1) is 9.57. The van der Waals surface area contributed by atoms with Gasteiger partial charge in [-0.2, -0.15) is 13.2 Å². The number of alkyl halides is 3. The monoisotopic (exact) mass is 189 g/mol. The predicted molar refractivity (Wildman–Crippen MR) is 40.8 cm³/mol. The Balaban J connectivity index is 3.20. The van der Waals surface area contributed by atoms with E-state index in [2.05, 4.69) is 5.16 Å². The normalized spacial score (nSPS) is 12.2. The largest absolute Gasteiger partial charge is 0.417 e. The summed E-state index contributed by atoms with van der Waals surface area (Å²) in [7, 11) is 0. The third kappa shape index (κ3) is 2.21. The average molecular weight is 189 g/mol. The SMILES string of the molecule is O/N=C\c1ccccc1C(F)(F)F. The standard InChI is InChI=1S/C8H6F3NO/c9-8(10,11)7-4-2-1-3-6(7)5-12-13/h1-5,13H/b12-5-. The lowest BCUT2D eigenvalue weighted by Gasteiger charge is -2.08. The fraction of sp³-hybridized carbons (Fsp3) is 0.125. The first-order valence-electron chi connectivity index (χ1n) is 3.39. The molecule has 0 spiro atoms. The maximum Gasteiger partial charge on any atom is 0.417 e. The molecular formula is C8H6F3NO. The highest BCUT2D eigenvalue weighted by Crippen LogP contribution is 2.30. The molecule has 1 aromatic rings. The van der Waals surface area contributed by atoms with Crippen molar-refractivity contribution in [2.75, 3.05) is 0 Å². The van der Waals surface area contributed by atoms with E-state index in [9.17, 15) is 13.2 Å². The quantitative estimate of drug-likeness (QED) is 0.411. The van der Waals surface area contributed by atoms with Crippen LogP contribution in [-0.2, 0) is 6.18 Å². The van der Waals surface area contributed by atoms with Crippen molar-refractivity contribution in [3.63, 3.8) is 0 Å². The summed E-state index contributed by atoms with van der Waals surface area (Å²) in [6, 6.07) is 4.86. The molecular weight excluding hydrogens is 183 g/mol. The van der Waals surface area contributed by atoms with Crippen LogP contribution in [0.4, 0.5) is 13.2 Å². The van der Waals surface area contributed by atoms with Crippen molar-refractivity contribution in [1.82, 2.24) is 0 Å². The minimum atomic E-state index is -4.42. The van der Waals surface area contributed by atoms with Gasteiger partial charge >= 0.3 is 6.18 Å². The first-order valence-corrected chi connectivity index (χ1v) is 3.39. The molecule has 0 aromatic heterocycles. The first-order chi connectivity index (χ1) is 6.05. The van der Waals surface area contributed by atoms with E-state index in [0.29, 0.717) is 0 Å². The summed E-state index contributed by atoms with van der Waals surface area (Å²) >= 11 is 0. The third-order valence-electron chi connectivity index (χ3n) is 1.46. The van der Waals surface area contributed by atoms with Gasteiger partial charge in [0.15, 0.2) is 0 Å². The number of oxime groups is 1. The van der Waals surface area contributed by atoms with Gasteiger partial charge in [0.1, 0.15) is 0 Å². The molecule has 1 N–H and O–H groups in total. The average Bonchev–Trinajstić information content (AvgIpc) is 2.04. The van der Waals surface area contributed by atoms with Crippen LogP contribution in [0.15, 0.2) is 29.4 Å². The number of halogens is 3. The van der Waals surface area contributed by atoms with Gasteiger partial charge in [0.2, 0.25) is 0 Å². The highest BCUT2D eigenvalue weighted by atomic mass is 19.4. The molecule has 0 aliphatic rings. The zero-order valence-corrected chi connectivity index (χ0v) is 6.42. The van der Waals surface area contributed by atoms with E-state index in [4.69, 9.17) is 5.21 Å². The Morgan fingerprint density at radius 1 is 1.23 bits per heavy atom. The molecule has 0 saturated heterocycles. The second-order valence-corrected chi connectivity index (χ2v) is 2.33. The van der Waals surface area contributed by atoms with Crippen LogP contribution in [0.2, 0.25) is 0 Å². The van der Waals surface area contributed by atoms with Crippen molar-refractivity contribution in [1.29, 1.82) is 0 Å². The molecule has 0 amide bonds. The van der Waals surface area contributed by atoms with Gasteiger partial charge in [-0.3, -0.25) is 0 Å². The highest BCUT2D eigenvalue weighted by Gasteiger charge is 2.32. The van der Waals surface area contributed by atoms with E-state index in [1.54, 1.807) is 0 Å². The van der Waals surface area contributed by atoms with E-state index >= 15 is 0 Å². The molecule has 1 aromatic carbocycles. The Morgan fingerprint density at radius 2 is 1.85 bits per heavy atom. The fourth-order valence-corrected chi connectivity index (χ4v) is 0.930. The summed E-state index contributed by atoms with van der Waals surface area (Å²) in [4.78, 5) is 0. The van der Waals surface area contributed by atoms with Crippen LogP contribution in [0.5, 0.6) is 0 Å². The van der Waals surface area contributed by atoms with Gasteiger partial charge in [-0.15, -0.1) is 0 Å². The number of hydrogen-bond donors (Lipinski definition) is 1. The molecule has 1 rings (SSSR count). The Bertz CT molecular complexity index is 319. The number of nitrogens with zero attached hydrogens (tertiary/aromatic N) is 1. The summed E-state index contributed by atoms with van der Waals surface area (Å²) in [5.41, 5.74) is -0.967. The van der Waals surface area contributed by atoms with Crippen molar-refractivity contribution >= 4 is 6.21 Å². The van der Waals surface area contributed by atoms with Gasteiger partial charge in [-0.05, 0) is 6.07 Å². The lowest BCUT2D eigenvalue weighted by molar-refractivity contribution is -0.137. The molecule has 0 radical (unpaired) electrons. The predicted octanol–water partition coefficient (Wildman–Crippen LogP) is 2.51. The van der Waals surface area contributed by atoms with Crippen LogP contribution in [0.1, 0.15) is 11.1 Å². The Labute approximate surface area is 72.3 Å². The third-order valence-corrected chi connectivity index (χ3v) is 1.46. The molecule has 0 aliphatic heterocycles. The summed E-state index contributed by atoms with van der Waals surface area (Å²) in [6.07, 6.45) is -3.67. The second-order valence-electron chi connectivity index (χ2n) is 2.33. The van der Waals surface area contributed by atoms with Gasteiger partial charge in [-0.25, -0.2) is 0 Å². The van der Waals surface area contributed by atoms with Crippen molar-refractivity contribution in [2.45, 2.75) is 6.18 Å². The van der Waals surface area contributed by atoms with Gasteiger partial charge in [0, 0.05) is 5.56 Å². The van der Waals surface area contributed by atoms with Crippen LogP contribution >= 0.6 is 0 Å². The van der Waals surface area contributed by atoms with E-state index in [1.165, 1.54) is 18.2 Å². The molecule has 0 unspecified atom stereocenters. The van der Waals surface area contributed by atoms with Gasteiger partial charge in [-0.1, -0.05) is 23.4 Å². The molecule has 0 heterocycles. The maximum atomic E-state index is 12.2. The van der Waals surface area contributed by atoms with Crippen molar-refractivity contribution < 1.29 is 18.4 Å². The smallest absolute Gasteiger partial charge is 0.411 e. The summed E-state index contributed by atoms with van der Waals surface area (Å²) in [5, 5.41) is 10.7. The summed E-state index contributed by atoms with van der Waals surface area (Å²) < 4.78 is 36.7. The van der Waals surface area contributed by atoms with Gasteiger partial charge < -0.3 is 5.21 Å². The van der Waals surface area contributed by atoms with Crippen LogP contribution in [0, 0.1) is 0 Å². The molecule has 5 heteroatoms. The lowest BCUT2D eigenvalue weighted by Crippen LogP contribution is -2.08. The van der Waals surface area contributed by atoms with Crippen LogP contribution in [0.3, 0.4) is 0 Å². The molecule has 0 fully saturated rings. The number of rotatable bonds is 1. The van der Waals surface area contributed by atoms with Crippen molar-refractivity contribution in [3.05, 3.63) is 35.4 Å². The van der Waals surface area contributed by atoms with E-state index in [0.717, 1.165) is 12.3 Å². The fourth-order valence-electron chi connectivity index (χ4n) is 0.930. The summed E-state index contributed by atoms with van der Waals surface area (Å²) in [6.45, 7) is 0. The van der Waals surface area contributed by atoms with E-state index in [1.807, 2.05) is 0 Å². The van der Waals surface area contributed by atoms with Gasteiger partial charge in [0.05, 0.1) is 11.8 Å². The molecule has 0 saturated carbocycles. The highest BCUT2D eigenvalue weighted by molar-refractivity contribution is 5.81. The molecule has 2 nitrogen and oxygen atoms in total. The van der Waals surface area contributed by atoms with Crippen LogP contribution in [0.25, 0.3) is 0 Å². The Kier molecular flexibility index (Phi) is 2.55. The molecule has 13 heavy (non-hydrogen) atoms. The zero-order valence-electron chi connectivity index (χ0n) is 6.42. The number of hydrogen-bond acceptors (Lipinski definition) is 2. The molecule has 0 aliphatic carbocycles. The molecule has 70 valence electrons. The molecule has 0 atom stereocenters. The van der Waals surface area contributed by atoms with Crippen molar-refractivity contribution in [3.8, 4) is 0 Å². The van der Waals surface area contributed by atoms with Crippen LogP contribution < -0.4 is 0 Å². The summed E-state index contributed by atoms with van der Waals surface area (Å²) in [5.74, 6) is 0. The zero-order chi connectivity index (χ0) is 9.90. The Morgan fingerprint density at radius 3 is 2.38 bits per heavy atom. The topological polar surface area (TPSA) is 32.6 Å². The van der Waals surface area contributed by atoms with Crippen LogP contribution in [-0.4, -0.2) is 11.4 Å². The van der Waals surface area contributed by atoms with Crippen molar-refractivity contribution in [2.24, 2.45) is 5.16 Å².